The average Bonchev–Trinajstić information content (AvgIpc) is 3.92. The zero-order valence-corrected chi connectivity index (χ0v) is 27.3. The summed E-state index contributed by atoms with van der Waals surface area (Å²) in [6, 6.07) is 15.1. The Morgan fingerprint density at radius 2 is 1.57 bits per heavy atom. The number of aliphatic hydroxyl groups is 1. The Morgan fingerprint density at radius 1 is 0.878 bits per heavy atom. The predicted octanol–water partition coefficient (Wildman–Crippen LogP) is 5.67. The van der Waals surface area contributed by atoms with E-state index in [0.717, 1.165) is 25.9 Å². The van der Waals surface area contributed by atoms with Crippen LogP contribution in [0.15, 0.2) is 66.9 Å². The Bertz CT molecular complexity index is 1850. The largest absolute Gasteiger partial charge is 0.493 e. The number of piperidine rings is 1. The number of Topliss-reactive ketones (excluding diaryl/α,β-unsaturated/α-hetero) is 3. The van der Waals surface area contributed by atoms with Gasteiger partial charge in [0.1, 0.15) is 18.2 Å². The molecular weight excluding hydrogens is 634 g/mol. The number of ether oxygens (including phenoxy) is 3. The van der Waals surface area contributed by atoms with Crippen molar-refractivity contribution >= 4 is 28.3 Å². The quantitative estimate of drug-likeness (QED) is 0.160. The Kier molecular flexibility index (Phi) is 10.3. The lowest BCUT2D eigenvalue weighted by Crippen LogP contribution is -2.39. The molecule has 9 nitrogen and oxygen atoms in total. The second-order valence-corrected chi connectivity index (χ2v) is 12.8. The smallest absolute Gasteiger partial charge is 0.172 e. The van der Waals surface area contributed by atoms with Crippen LogP contribution in [0, 0.1) is 23.0 Å². The first-order valence-electron chi connectivity index (χ1n) is 16.4. The number of halogens is 2. The number of likely N-dealkylation sites (tertiary alicyclic amines) is 1. The van der Waals surface area contributed by atoms with Gasteiger partial charge in [-0.15, -0.1) is 0 Å². The number of fused-ring (bicyclic) bond motifs is 1. The maximum atomic E-state index is 15.4. The lowest BCUT2D eigenvalue weighted by Gasteiger charge is -2.31. The fourth-order valence-corrected chi connectivity index (χ4v) is 6.31. The van der Waals surface area contributed by atoms with Gasteiger partial charge in [0.2, 0.25) is 0 Å². The summed E-state index contributed by atoms with van der Waals surface area (Å²) in [6.07, 6.45) is 4.10. The van der Waals surface area contributed by atoms with Crippen LogP contribution in [-0.2, 0) is 27.2 Å². The summed E-state index contributed by atoms with van der Waals surface area (Å²) in [7, 11) is 1.54. The zero-order valence-electron chi connectivity index (χ0n) is 27.3. The molecule has 0 unspecified atom stereocenters. The van der Waals surface area contributed by atoms with Crippen LogP contribution in [0.3, 0.4) is 0 Å². The highest BCUT2D eigenvalue weighted by Crippen LogP contribution is 2.49. The monoisotopic (exact) mass is 672 g/mol. The minimum atomic E-state index is -1.07. The molecule has 1 N–H and O–H groups in total. The van der Waals surface area contributed by atoms with Crippen LogP contribution in [-0.4, -0.2) is 72.3 Å². The van der Waals surface area contributed by atoms with Crippen molar-refractivity contribution in [1.82, 2.24) is 9.88 Å². The molecule has 6 rings (SSSR count). The second kappa shape index (κ2) is 14.8. The van der Waals surface area contributed by atoms with Gasteiger partial charge in [-0.2, -0.15) is 0 Å². The first-order chi connectivity index (χ1) is 23.7. The molecule has 256 valence electrons. The summed E-state index contributed by atoms with van der Waals surface area (Å²) >= 11 is 0. The van der Waals surface area contributed by atoms with Gasteiger partial charge in [0.25, 0.3) is 0 Å². The van der Waals surface area contributed by atoms with E-state index in [1.807, 2.05) is 4.90 Å². The van der Waals surface area contributed by atoms with E-state index in [4.69, 9.17) is 19.3 Å². The van der Waals surface area contributed by atoms with E-state index in [0.29, 0.717) is 58.7 Å². The van der Waals surface area contributed by atoms with Crippen molar-refractivity contribution in [2.24, 2.45) is 11.3 Å². The molecule has 1 saturated heterocycles. The molecule has 4 aromatic rings. The van der Waals surface area contributed by atoms with Gasteiger partial charge >= 0.3 is 0 Å². The number of hydrogen-bond acceptors (Lipinski definition) is 9. The molecule has 0 amide bonds. The molecular formula is C38H38F2N2O7. The maximum absolute atomic E-state index is 15.4. The molecule has 0 atom stereocenters. The molecule has 49 heavy (non-hydrogen) atoms. The van der Waals surface area contributed by atoms with Gasteiger partial charge in [-0.3, -0.25) is 24.3 Å². The minimum absolute atomic E-state index is 0.0399. The van der Waals surface area contributed by atoms with Gasteiger partial charge < -0.3 is 19.3 Å². The number of rotatable bonds is 15. The molecule has 0 spiro atoms. The third-order valence-electron chi connectivity index (χ3n) is 9.42. The molecule has 1 saturated carbocycles. The molecule has 3 aromatic carbocycles. The number of benzene rings is 3. The second-order valence-electron chi connectivity index (χ2n) is 12.8. The van der Waals surface area contributed by atoms with Crippen molar-refractivity contribution in [3.8, 4) is 23.0 Å². The summed E-state index contributed by atoms with van der Waals surface area (Å²) in [4.78, 5) is 44.3. The first-order valence-corrected chi connectivity index (χ1v) is 16.4. The molecule has 1 aromatic heterocycles. The lowest BCUT2D eigenvalue weighted by atomic mass is 9.88. The van der Waals surface area contributed by atoms with Crippen LogP contribution >= 0.6 is 0 Å². The number of aromatic nitrogens is 1. The fourth-order valence-electron chi connectivity index (χ4n) is 6.31. The van der Waals surface area contributed by atoms with Crippen LogP contribution in [0.5, 0.6) is 23.0 Å². The number of carbonyl (C=O) groups excluding carboxylic acids is 3. The van der Waals surface area contributed by atoms with Crippen LogP contribution in [0.4, 0.5) is 8.78 Å². The van der Waals surface area contributed by atoms with Crippen molar-refractivity contribution < 1.29 is 42.5 Å². The van der Waals surface area contributed by atoms with Crippen molar-refractivity contribution in [2.45, 2.75) is 38.5 Å². The van der Waals surface area contributed by atoms with Gasteiger partial charge in [-0.1, -0.05) is 18.2 Å². The van der Waals surface area contributed by atoms with Crippen LogP contribution in [0.2, 0.25) is 0 Å². The number of carbonyl (C=O) groups is 3. The van der Waals surface area contributed by atoms with Gasteiger partial charge in [0.05, 0.1) is 31.2 Å². The van der Waals surface area contributed by atoms with Crippen LogP contribution in [0.1, 0.15) is 36.8 Å². The third kappa shape index (κ3) is 7.95. The Labute approximate surface area is 282 Å². The van der Waals surface area contributed by atoms with E-state index in [2.05, 4.69) is 4.98 Å². The van der Waals surface area contributed by atoms with Crippen molar-refractivity contribution in [2.75, 3.05) is 40.0 Å². The standard InChI is InChI=1S/C38H38F2N2O7/c1-47-34-20-31-29(19-35(34)48-23-25-9-14-42(15-10-25)21-28(44)22-43)32(8-13-41-31)49-33-7-4-26(16-30(33)40)18-37(46)38(11-12-38)36(45)17-24-2-5-27(39)6-3-24/h2-8,13,16,19-20,25,43H,9-12,14-15,17-18,21-23H2,1H3. The SMILES string of the molecule is COc1cc2nccc(Oc3ccc(CC(=O)C4(C(=O)Cc5ccc(F)cc5)CC4)cc3F)c2cc1OCC1CCN(CC(=O)CO)CC1. The van der Waals surface area contributed by atoms with Gasteiger partial charge in [-0.25, -0.2) is 8.78 Å². The van der Waals surface area contributed by atoms with E-state index < -0.39 is 23.7 Å². The highest BCUT2D eigenvalue weighted by Gasteiger charge is 2.54. The van der Waals surface area contributed by atoms with Crippen LogP contribution < -0.4 is 14.2 Å². The maximum Gasteiger partial charge on any atom is 0.172 e. The summed E-state index contributed by atoms with van der Waals surface area (Å²) in [5.74, 6) is -0.132. The van der Waals surface area contributed by atoms with E-state index in [1.165, 1.54) is 36.4 Å². The zero-order chi connectivity index (χ0) is 34.5. The molecule has 2 aliphatic rings. The van der Waals surface area contributed by atoms with Crippen molar-refractivity contribution in [1.29, 1.82) is 0 Å². The lowest BCUT2D eigenvalue weighted by molar-refractivity contribution is -0.134. The summed E-state index contributed by atoms with van der Waals surface area (Å²) in [5, 5.41) is 9.61. The molecule has 1 aliphatic carbocycles. The van der Waals surface area contributed by atoms with Gasteiger partial charge in [0, 0.05) is 30.5 Å². The predicted molar refractivity (Wildman–Crippen MR) is 177 cm³/mol. The molecule has 2 fully saturated rings. The molecule has 2 heterocycles. The highest BCUT2D eigenvalue weighted by atomic mass is 19.1. The number of ketones is 3. The molecule has 0 radical (unpaired) electrons. The number of hydrogen-bond donors (Lipinski definition) is 1. The van der Waals surface area contributed by atoms with Crippen molar-refractivity contribution in [3.63, 3.8) is 0 Å². The molecule has 1 aliphatic heterocycles. The summed E-state index contributed by atoms with van der Waals surface area (Å²) < 4.78 is 46.4. The number of methoxy groups -OCH3 is 1. The average molecular weight is 673 g/mol. The number of pyridine rings is 1. The van der Waals surface area contributed by atoms with E-state index in [1.54, 1.807) is 37.6 Å². The number of nitrogens with zero attached hydrogens (tertiary/aromatic N) is 2. The topological polar surface area (TPSA) is 115 Å². The first kappa shape index (κ1) is 34.1. The fraction of sp³-hybridized carbons (Fsp3) is 0.368. The van der Waals surface area contributed by atoms with Crippen molar-refractivity contribution in [3.05, 3.63) is 89.6 Å². The molecule has 0 bridgehead atoms. The van der Waals surface area contributed by atoms with Gasteiger partial charge in [0.15, 0.2) is 40.4 Å². The van der Waals surface area contributed by atoms with E-state index >= 15 is 4.39 Å². The minimum Gasteiger partial charge on any atom is -0.493 e. The summed E-state index contributed by atoms with van der Waals surface area (Å²) in [5.41, 5.74) is 0.562. The van der Waals surface area contributed by atoms with Gasteiger partial charge in [-0.05, 0) is 92.2 Å². The Balaban J connectivity index is 1.11. The summed E-state index contributed by atoms with van der Waals surface area (Å²) in [6.45, 7) is 1.72. The van der Waals surface area contributed by atoms with E-state index in [-0.39, 0.29) is 48.4 Å². The highest BCUT2D eigenvalue weighted by molar-refractivity contribution is 6.11. The third-order valence-corrected chi connectivity index (χ3v) is 9.42. The van der Waals surface area contributed by atoms with Crippen LogP contribution in [0.25, 0.3) is 10.9 Å². The normalized spacial score (nSPS) is 15.9. The Hall–Kier alpha value is -4.74. The Morgan fingerprint density at radius 3 is 2.22 bits per heavy atom. The van der Waals surface area contributed by atoms with E-state index in [9.17, 15) is 18.8 Å². The molecule has 11 heteroatoms. The number of aliphatic hydroxyl groups excluding tert-OH is 1.